The predicted molar refractivity (Wildman–Crippen MR) is 97.6 cm³/mol. The summed E-state index contributed by atoms with van der Waals surface area (Å²) in [6.07, 6.45) is 4.57. The van der Waals surface area contributed by atoms with Gasteiger partial charge in [-0.3, -0.25) is 14.5 Å². The monoisotopic (exact) mass is 337 g/mol. The molecule has 0 spiro atoms. The molecule has 0 bridgehead atoms. The second-order valence-electron chi connectivity index (χ2n) is 6.95. The van der Waals surface area contributed by atoms with Crippen LogP contribution < -0.4 is 10.9 Å². The van der Waals surface area contributed by atoms with Crippen molar-refractivity contribution in [1.82, 2.24) is 15.2 Å². The van der Waals surface area contributed by atoms with Crippen LogP contribution in [0, 0.1) is 0 Å². The molecule has 5 nitrogen and oxygen atoms in total. The van der Waals surface area contributed by atoms with Crippen molar-refractivity contribution in [2.24, 2.45) is 0 Å². The van der Waals surface area contributed by atoms with Crippen LogP contribution in [0.2, 0.25) is 0 Å². The summed E-state index contributed by atoms with van der Waals surface area (Å²) in [5.74, 6) is -0.265. The van der Waals surface area contributed by atoms with Gasteiger partial charge in [0.25, 0.3) is 11.5 Å². The van der Waals surface area contributed by atoms with E-state index in [4.69, 9.17) is 0 Å². The molecule has 2 aliphatic rings. The Kier molecular flexibility index (Phi) is 4.40. The largest absolute Gasteiger partial charge is 0.348 e. The van der Waals surface area contributed by atoms with Gasteiger partial charge in [0.05, 0.1) is 0 Å². The lowest BCUT2D eigenvalue weighted by molar-refractivity contribution is 0.0914. The van der Waals surface area contributed by atoms with Gasteiger partial charge in [-0.15, -0.1) is 0 Å². The number of pyridine rings is 1. The summed E-state index contributed by atoms with van der Waals surface area (Å²) >= 11 is 0. The van der Waals surface area contributed by atoms with Crippen LogP contribution in [0.1, 0.15) is 36.0 Å². The average Bonchev–Trinajstić information content (AvgIpc) is 3.05. The SMILES string of the molecule is O=C(N[C@@H]1CCN2CCCC[C@H]12)c1ccc(-c2ccccc2)[nH]c1=O. The van der Waals surface area contributed by atoms with Gasteiger partial charge in [-0.05, 0) is 43.5 Å². The van der Waals surface area contributed by atoms with Gasteiger partial charge >= 0.3 is 0 Å². The lowest BCUT2D eigenvalue weighted by atomic mass is 9.99. The van der Waals surface area contributed by atoms with Gasteiger partial charge in [0.1, 0.15) is 5.56 Å². The highest BCUT2D eigenvalue weighted by atomic mass is 16.2. The smallest absolute Gasteiger partial charge is 0.261 e. The molecule has 0 unspecified atom stereocenters. The normalized spacial score (nSPS) is 23.2. The minimum Gasteiger partial charge on any atom is -0.348 e. The molecule has 2 aliphatic heterocycles. The van der Waals surface area contributed by atoms with Crippen LogP contribution in [0.15, 0.2) is 47.3 Å². The molecule has 25 heavy (non-hydrogen) atoms. The van der Waals surface area contributed by atoms with Crippen LogP contribution in [-0.2, 0) is 0 Å². The highest BCUT2D eigenvalue weighted by Gasteiger charge is 2.36. The van der Waals surface area contributed by atoms with E-state index in [0.29, 0.717) is 6.04 Å². The van der Waals surface area contributed by atoms with E-state index >= 15 is 0 Å². The molecule has 4 rings (SSSR count). The van der Waals surface area contributed by atoms with Crippen molar-refractivity contribution in [2.75, 3.05) is 13.1 Å². The minimum atomic E-state index is -0.336. The number of nitrogens with one attached hydrogen (secondary N) is 2. The Bertz CT molecular complexity index is 815. The maximum absolute atomic E-state index is 12.6. The highest BCUT2D eigenvalue weighted by Crippen LogP contribution is 2.27. The van der Waals surface area contributed by atoms with Gasteiger partial charge in [0.15, 0.2) is 0 Å². The Morgan fingerprint density at radius 3 is 2.68 bits per heavy atom. The number of nitrogens with zero attached hydrogens (tertiary/aromatic N) is 1. The van der Waals surface area contributed by atoms with Crippen molar-refractivity contribution >= 4 is 5.91 Å². The molecule has 5 heteroatoms. The molecule has 0 saturated carbocycles. The number of aromatic amines is 1. The number of hydrogen-bond donors (Lipinski definition) is 2. The Labute approximate surface area is 147 Å². The molecule has 130 valence electrons. The van der Waals surface area contributed by atoms with E-state index in [9.17, 15) is 9.59 Å². The van der Waals surface area contributed by atoms with Crippen molar-refractivity contribution in [1.29, 1.82) is 0 Å². The summed E-state index contributed by atoms with van der Waals surface area (Å²) in [7, 11) is 0. The van der Waals surface area contributed by atoms with E-state index in [1.807, 2.05) is 30.3 Å². The Hall–Kier alpha value is -2.40. The zero-order chi connectivity index (χ0) is 17.2. The molecule has 1 aromatic carbocycles. The molecule has 0 aliphatic carbocycles. The van der Waals surface area contributed by atoms with Crippen LogP contribution in [-0.4, -0.2) is 41.0 Å². The Morgan fingerprint density at radius 1 is 1.04 bits per heavy atom. The molecule has 1 aromatic heterocycles. The van der Waals surface area contributed by atoms with E-state index < -0.39 is 0 Å². The van der Waals surface area contributed by atoms with E-state index in [2.05, 4.69) is 15.2 Å². The maximum Gasteiger partial charge on any atom is 0.261 e. The number of rotatable bonds is 3. The van der Waals surface area contributed by atoms with Gasteiger partial charge in [-0.25, -0.2) is 0 Å². The molecule has 2 aromatic rings. The Balaban J connectivity index is 1.50. The molecule has 3 heterocycles. The molecular formula is C20H23N3O2. The number of piperidine rings is 1. The summed E-state index contributed by atoms with van der Waals surface area (Å²) in [6, 6.07) is 13.6. The van der Waals surface area contributed by atoms with Crippen LogP contribution in [0.3, 0.4) is 0 Å². The third-order valence-corrected chi connectivity index (χ3v) is 5.41. The van der Waals surface area contributed by atoms with Gasteiger partial charge in [-0.2, -0.15) is 0 Å². The van der Waals surface area contributed by atoms with Crippen LogP contribution in [0.4, 0.5) is 0 Å². The first-order valence-electron chi connectivity index (χ1n) is 9.06. The second-order valence-corrected chi connectivity index (χ2v) is 6.95. The molecule has 0 radical (unpaired) electrons. The highest BCUT2D eigenvalue weighted by molar-refractivity contribution is 5.94. The van der Waals surface area contributed by atoms with Crippen molar-refractivity contribution in [3.05, 3.63) is 58.4 Å². The number of aromatic nitrogens is 1. The quantitative estimate of drug-likeness (QED) is 0.904. The minimum absolute atomic E-state index is 0.154. The number of carbonyl (C=O) groups is 1. The maximum atomic E-state index is 12.6. The summed E-state index contributed by atoms with van der Waals surface area (Å²) in [5.41, 5.74) is 1.51. The number of H-pyrrole nitrogens is 1. The molecular weight excluding hydrogens is 314 g/mol. The van der Waals surface area contributed by atoms with Gasteiger partial charge in [0, 0.05) is 24.3 Å². The van der Waals surface area contributed by atoms with Crippen molar-refractivity contribution < 1.29 is 4.79 Å². The van der Waals surface area contributed by atoms with Gasteiger partial charge in [0.2, 0.25) is 0 Å². The third kappa shape index (κ3) is 3.24. The zero-order valence-corrected chi connectivity index (χ0v) is 14.2. The van der Waals surface area contributed by atoms with E-state index in [1.165, 1.54) is 12.8 Å². The lowest BCUT2D eigenvalue weighted by Crippen LogP contribution is -2.47. The third-order valence-electron chi connectivity index (χ3n) is 5.41. The summed E-state index contributed by atoms with van der Waals surface area (Å²) in [4.78, 5) is 30.3. The topological polar surface area (TPSA) is 65.2 Å². The Morgan fingerprint density at radius 2 is 1.88 bits per heavy atom. The first-order valence-corrected chi connectivity index (χ1v) is 9.06. The number of hydrogen-bond acceptors (Lipinski definition) is 3. The van der Waals surface area contributed by atoms with Crippen molar-refractivity contribution in [3.63, 3.8) is 0 Å². The van der Waals surface area contributed by atoms with Gasteiger partial charge in [-0.1, -0.05) is 36.8 Å². The standard InChI is InChI=1S/C20H23N3O2/c24-19-15(9-10-16(21-19)14-6-2-1-3-7-14)20(25)22-17-11-13-23-12-5-4-8-18(17)23/h1-3,6-7,9-10,17-18H,4-5,8,11-13H2,(H,21,24)(H,22,25)/t17-,18-/m1/s1. The first-order chi connectivity index (χ1) is 12.2. The lowest BCUT2D eigenvalue weighted by Gasteiger charge is -2.32. The number of amides is 1. The summed E-state index contributed by atoms with van der Waals surface area (Å²) in [6.45, 7) is 2.17. The number of carbonyl (C=O) groups excluding carboxylic acids is 1. The predicted octanol–water partition coefficient (Wildman–Crippen LogP) is 2.40. The summed E-state index contributed by atoms with van der Waals surface area (Å²) in [5, 5.41) is 3.09. The zero-order valence-electron chi connectivity index (χ0n) is 14.2. The van der Waals surface area contributed by atoms with Crippen LogP contribution >= 0.6 is 0 Å². The fourth-order valence-electron chi connectivity index (χ4n) is 4.10. The van der Waals surface area contributed by atoms with Crippen LogP contribution in [0.5, 0.6) is 0 Å². The van der Waals surface area contributed by atoms with Crippen molar-refractivity contribution in [2.45, 2.75) is 37.8 Å². The summed E-state index contributed by atoms with van der Waals surface area (Å²) < 4.78 is 0. The molecule has 2 N–H and O–H groups in total. The van der Waals surface area contributed by atoms with E-state index in [0.717, 1.165) is 37.2 Å². The van der Waals surface area contributed by atoms with Crippen LogP contribution in [0.25, 0.3) is 11.3 Å². The number of fused-ring (bicyclic) bond motifs is 1. The average molecular weight is 337 g/mol. The van der Waals surface area contributed by atoms with Crippen molar-refractivity contribution in [3.8, 4) is 11.3 Å². The van der Waals surface area contributed by atoms with E-state index in [1.54, 1.807) is 12.1 Å². The molecule has 2 saturated heterocycles. The van der Waals surface area contributed by atoms with Gasteiger partial charge < -0.3 is 10.3 Å². The van der Waals surface area contributed by atoms with E-state index in [-0.39, 0.29) is 23.1 Å². The molecule has 1 amide bonds. The first kappa shape index (κ1) is 16.1. The molecule has 2 atom stereocenters. The second kappa shape index (κ2) is 6.84. The fourth-order valence-corrected chi connectivity index (χ4v) is 4.10. The molecule has 2 fully saturated rings. The fraction of sp³-hybridized carbons (Fsp3) is 0.400. The number of benzene rings is 1.